The molecule has 644 valence electrons. The van der Waals surface area contributed by atoms with Gasteiger partial charge in [0.05, 0.1) is 50.8 Å². The van der Waals surface area contributed by atoms with E-state index in [1.807, 2.05) is 133 Å². The molecule has 116 heavy (non-hydrogen) atoms. The fourth-order valence-corrected chi connectivity index (χ4v) is 18.3. The summed E-state index contributed by atoms with van der Waals surface area (Å²) in [6.45, 7) is 19.9. The molecule has 21 nitrogen and oxygen atoms in total. The average Bonchev–Trinajstić information content (AvgIpc) is 0.799. The summed E-state index contributed by atoms with van der Waals surface area (Å²) in [5.41, 5.74) is 8.52. The molecule has 6 saturated carbocycles. The monoisotopic (exact) mass is 1650 g/mol. The smallest absolute Gasteiger partial charge is 0.290 e. The first-order chi connectivity index (χ1) is 54.8. The summed E-state index contributed by atoms with van der Waals surface area (Å²) in [5.74, 6) is 5.20. The van der Waals surface area contributed by atoms with Crippen molar-refractivity contribution in [1.82, 2.24) is 14.7 Å². The molecule has 6 aromatic carbocycles. The molecule has 0 heterocycles. The highest BCUT2D eigenvalue weighted by Gasteiger charge is 2.50. The van der Waals surface area contributed by atoms with Crippen LogP contribution in [-0.4, -0.2) is 189 Å². The molecule has 0 radical (unpaired) electrons. The second-order valence-corrected chi connectivity index (χ2v) is 31.8. The van der Waals surface area contributed by atoms with Gasteiger partial charge in [-0.15, -0.1) is 24.8 Å². The number of phenolic OH excluding ortho intramolecular Hbond substituents is 2. The Morgan fingerprint density at radius 1 is 0.397 bits per heavy atom. The summed E-state index contributed by atoms with van der Waals surface area (Å²) in [7, 11) is 24.5. The number of hydrogen-bond acceptors (Lipinski definition) is 18. The maximum absolute atomic E-state index is 11.0. The van der Waals surface area contributed by atoms with E-state index in [1.165, 1.54) is 56.1 Å². The Morgan fingerprint density at radius 2 is 0.664 bits per heavy atom. The summed E-state index contributed by atoms with van der Waals surface area (Å²) in [6.07, 6.45) is 25.1. The maximum atomic E-state index is 11.0. The van der Waals surface area contributed by atoms with Crippen LogP contribution in [0.2, 0.25) is 0 Å². The van der Waals surface area contributed by atoms with Gasteiger partial charge in [-0.1, -0.05) is 124 Å². The number of aromatic hydroxyl groups is 2. The minimum atomic E-state index is -1.01. The van der Waals surface area contributed by atoms with E-state index in [9.17, 15) is 25.5 Å². The highest BCUT2D eigenvalue weighted by atomic mass is 35.5. The lowest BCUT2D eigenvalue weighted by molar-refractivity contribution is -0.122. The Kier molecular flexibility index (Phi) is 45.7. The van der Waals surface area contributed by atoms with Gasteiger partial charge in [-0.25, -0.2) is 13.1 Å². The van der Waals surface area contributed by atoms with Crippen molar-refractivity contribution in [3.63, 3.8) is 0 Å². The van der Waals surface area contributed by atoms with Crippen LogP contribution in [0.5, 0.6) is 34.5 Å². The van der Waals surface area contributed by atoms with Crippen LogP contribution in [0.1, 0.15) is 187 Å². The van der Waals surface area contributed by atoms with Gasteiger partial charge in [0.25, 0.3) is 18.6 Å². The van der Waals surface area contributed by atoms with E-state index in [0.29, 0.717) is 24.8 Å². The van der Waals surface area contributed by atoms with Crippen LogP contribution in [0.25, 0.3) is 9.69 Å². The topological polar surface area (TPSA) is 265 Å². The lowest BCUT2D eigenvalue weighted by atomic mass is 9.71. The number of carbonyl (C=O) groups excluding carboxylic acids is 1. The normalized spacial score (nSPS) is 26.4. The molecule has 0 unspecified atom stereocenters. The van der Waals surface area contributed by atoms with Gasteiger partial charge in [-0.3, -0.25) is 4.79 Å². The Morgan fingerprint density at radius 3 is 1.00 bits per heavy atom. The van der Waals surface area contributed by atoms with E-state index in [2.05, 4.69) is 68.8 Å². The summed E-state index contributed by atoms with van der Waals surface area (Å²) in [4.78, 5) is 30.3. The quantitative estimate of drug-likeness (QED) is 0.0277. The fraction of sp³-hybridized carbons (Fsp3) is 0.570. The maximum Gasteiger partial charge on any atom is 0.290 e. The summed E-state index contributed by atoms with van der Waals surface area (Å²) < 4.78 is 39.0. The van der Waals surface area contributed by atoms with Crippen LogP contribution in [0.4, 0.5) is 0 Å². The van der Waals surface area contributed by atoms with Crippen molar-refractivity contribution in [3.8, 4) is 34.5 Å². The molecule has 6 aromatic rings. The number of aliphatic hydroxyl groups is 3. The molecule has 12 rings (SSSR count). The molecular formula is C93H138Cl2N6O15. The molecule has 0 bridgehead atoms. The Labute approximate surface area is 706 Å². The number of halogens is 2. The third-order valence-corrected chi connectivity index (χ3v) is 24.1. The van der Waals surface area contributed by atoms with Gasteiger partial charge in [0.2, 0.25) is 0 Å². The van der Waals surface area contributed by atoms with Gasteiger partial charge < -0.3 is 98.7 Å². The summed E-state index contributed by atoms with van der Waals surface area (Å²) >= 11 is 0. The van der Waals surface area contributed by atoms with Crippen LogP contribution >= 0.6 is 24.8 Å². The third-order valence-electron chi connectivity index (χ3n) is 24.1. The molecule has 8 N–H and O–H groups in total. The fourth-order valence-electron chi connectivity index (χ4n) is 18.3. The van der Waals surface area contributed by atoms with Crippen LogP contribution in [0.3, 0.4) is 0 Å². The van der Waals surface area contributed by atoms with Gasteiger partial charge >= 0.3 is 0 Å². The molecule has 23 heteroatoms. The molecule has 6 aliphatic rings. The molecule has 6 fully saturated rings. The first-order valence-corrected chi connectivity index (χ1v) is 40.6. The lowest BCUT2D eigenvalue weighted by Gasteiger charge is -2.44. The molecule has 0 aromatic heterocycles. The highest BCUT2D eigenvalue weighted by Crippen LogP contribution is 2.50. The van der Waals surface area contributed by atoms with E-state index in [0.717, 1.165) is 168 Å². The largest absolute Gasteiger partial charge is 0.508 e. The minimum Gasteiger partial charge on any atom is -0.508 e. The summed E-state index contributed by atoms with van der Waals surface area (Å²) in [5, 5.41) is 58.9. The minimum absolute atomic E-state index is 0. The van der Waals surface area contributed by atoms with Crippen molar-refractivity contribution in [2.75, 3.05) is 118 Å². The van der Waals surface area contributed by atoms with Crippen molar-refractivity contribution in [1.29, 1.82) is 0 Å². The SMILES string of the molecule is C=O.CN(C)C[C@@H]1CCCC[C@]1(O)c1cccc(O)c1.CN(C)C[C@@H]1CCCC[C@]1(O)c1cccc(O)c1.COc1cccc([C@@]2(OC)CCCC[C@H]2CN(C)C)c1.COc1cccc([C@@]2(OC)CCCC[C@H]2CN)c1.Cl.Cl.O=CO.[C-]#[N+][C@@H]1CCCC[C@]1(O)c1cccc(OC)c1.[C-]#[N+][C@@H]1CCCC[C@]1(OC)c1cccc(OC)c1. The molecule has 0 saturated heterocycles. The van der Waals surface area contributed by atoms with Crippen molar-refractivity contribution < 1.29 is 73.4 Å². The van der Waals surface area contributed by atoms with Gasteiger partial charge in [0.15, 0.2) is 11.2 Å². The zero-order chi connectivity index (χ0) is 84.0. The van der Waals surface area contributed by atoms with E-state index in [-0.39, 0.29) is 77.9 Å². The Balaban J connectivity index is 0.000000355. The number of nitrogens with zero attached hydrogens (tertiary/aromatic N) is 5. The van der Waals surface area contributed by atoms with E-state index < -0.39 is 22.4 Å². The zero-order valence-electron chi connectivity index (χ0n) is 71.4. The first kappa shape index (κ1) is 103. The van der Waals surface area contributed by atoms with Gasteiger partial charge in [0, 0.05) is 77.5 Å². The molecule has 0 amide bonds. The predicted molar refractivity (Wildman–Crippen MR) is 467 cm³/mol. The van der Waals surface area contributed by atoms with Crippen LogP contribution < -0.4 is 24.7 Å². The Bertz CT molecular complexity index is 3790. The number of carboxylic acid groups (broad SMARTS) is 1. The highest BCUT2D eigenvalue weighted by molar-refractivity contribution is 5.85. The van der Waals surface area contributed by atoms with E-state index in [4.69, 9.17) is 66.7 Å². The third kappa shape index (κ3) is 27.5. The van der Waals surface area contributed by atoms with Crippen LogP contribution in [-0.2, 0) is 57.4 Å². The molecule has 12 atom stereocenters. The molecular weight excluding hydrogens is 1510 g/mol. The van der Waals surface area contributed by atoms with Gasteiger partial charge in [-0.05, 0) is 245 Å². The van der Waals surface area contributed by atoms with Gasteiger partial charge in [-0.2, -0.15) is 0 Å². The van der Waals surface area contributed by atoms with Crippen LogP contribution in [0.15, 0.2) is 146 Å². The number of rotatable bonds is 20. The second-order valence-electron chi connectivity index (χ2n) is 31.8. The van der Waals surface area contributed by atoms with Gasteiger partial charge in [0.1, 0.15) is 41.3 Å². The standard InChI is InChI=1S/C17H27NO2.C15H19NO2.3C15H23NO2.C14H17NO2.CH2O2.CH2O.2ClH/c1-18(2)13-15-8-5-6-11-17(15,20-4)14-9-7-10-16(12-14)19-3;1-16-14-9-4-5-10-15(14,18-3)12-7-6-8-13(11-12)17-2;1-17-14-8-5-7-12(10-14)15(18-2)9-4-3-6-13(15)11-16;2*1-16(2)11-13-6-3-4-9-15(13,18)12-7-5-8-14(17)10-12;1-15-13-8-3-4-9-14(13,16)11-6-5-7-12(10-11)17-2;2-1-3;1-2;;/h7,9-10,12,15H,5-6,8,11,13H2,1-4H3;6-8,11,14H,4-5,9-10H2,2-3H3;5,7-8,10,13H,3-4,6,9,11,16H2,1-2H3;2*5,7-8,10,13,17-18H,3-4,6,9,11H2,1-2H3;5-7,10,13,16H,3-4,8-9H2,2H3;1H,(H,2,3);1H2;2*1H/t15-,17-;14-,15+;3*13-,15-;13-,14+;;;;/m010001..../s1. The first-order valence-electron chi connectivity index (χ1n) is 40.6. The van der Waals surface area contributed by atoms with Crippen molar-refractivity contribution in [2.24, 2.45) is 29.4 Å². The second kappa shape index (κ2) is 51.7. The lowest BCUT2D eigenvalue weighted by Crippen LogP contribution is -2.44. The van der Waals surface area contributed by atoms with E-state index >= 15 is 0 Å². The molecule has 0 aliphatic heterocycles. The summed E-state index contributed by atoms with van der Waals surface area (Å²) in [6, 6.07) is 45.7. The number of methoxy groups -OCH3 is 7. The number of phenols is 2. The predicted octanol–water partition coefficient (Wildman–Crippen LogP) is 17.1. The number of carbonyl (C=O) groups is 2. The molecule has 0 spiro atoms. The average molecular weight is 1650 g/mol. The number of nitrogens with two attached hydrogens (primary N) is 1. The van der Waals surface area contributed by atoms with Crippen LogP contribution in [0, 0.1) is 36.8 Å². The van der Waals surface area contributed by atoms with Crippen molar-refractivity contribution in [2.45, 2.75) is 200 Å². The zero-order valence-corrected chi connectivity index (χ0v) is 73.0. The van der Waals surface area contributed by atoms with E-state index in [1.54, 1.807) is 66.9 Å². The number of ether oxygens (including phenoxy) is 7. The number of hydrogen-bond donors (Lipinski definition) is 7. The van der Waals surface area contributed by atoms with Crippen molar-refractivity contribution >= 4 is 38.1 Å². The molecule has 6 aliphatic carbocycles. The number of benzene rings is 6. The Hall–Kier alpha value is -7.58. The van der Waals surface area contributed by atoms with Crippen molar-refractivity contribution in [3.05, 3.63) is 202 Å².